The number of amides is 1. The highest BCUT2D eigenvalue weighted by atomic mass is 35.5. The second-order valence-electron chi connectivity index (χ2n) is 5.59. The van der Waals surface area contributed by atoms with Crippen LogP contribution in [0.5, 0.6) is 11.6 Å². The number of piperazine rings is 1. The van der Waals surface area contributed by atoms with Gasteiger partial charge in [0.05, 0.1) is 10.6 Å². The summed E-state index contributed by atoms with van der Waals surface area (Å²) >= 11 is 12.0. The Morgan fingerprint density at radius 2 is 2.04 bits per heavy atom. The molecule has 1 atom stereocenters. The third-order valence-corrected chi connectivity index (χ3v) is 4.68. The highest BCUT2D eigenvalue weighted by molar-refractivity contribution is 6.42. The number of carbonyl (C=O) groups excluding carboxylic acids is 1. The zero-order valence-corrected chi connectivity index (χ0v) is 17.1. The van der Waals surface area contributed by atoms with Crippen molar-refractivity contribution < 1.29 is 9.53 Å². The van der Waals surface area contributed by atoms with Crippen molar-refractivity contribution in [2.75, 3.05) is 19.6 Å². The number of carbonyl (C=O) groups is 1. The van der Waals surface area contributed by atoms with Crippen LogP contribution in [0, 0.1) is 0 Å². The van der Waals surface area contributed by atoms with Crippen molar-refractivity contribution in [3.63, 3.8) is 0 Å². The number of ether oxygens (including phenoxy) is 1. The molecule has 1 fully saturated rings. The first-order valence-electron chi connectivity index (χ1n) is 7.66. The smallest absolute Gasteiger partial charge is 0.255 e. The molecule has 9 heteroatoms. The van der Waals surface area contributed by atoms with Gasteiger partial charge in [0.1, 0.15) is 10.8 Å². The molecule has 3 rings (SSSR count). The Labute approximate surface area is 174 Å². The van der Waals surface area contributed by atoms with E-state index >= 15 is 0 Å². The SMILES string of the molecule is CC1CNCCN1C(=O)c1ccc(Oc2cccc(Cl)c2Cl)nc1.Cl.Cl. The van der Waals surface area contributed by atoms with Gasteiger partial charge in [0, 0.05) is 37.9 Å². The van der Waals surface area contributed by atoms with Crippen LogP contribution in [0.1, 0.15) is 17.3 Å². The Balaban J connectivity index is 0.00000169. The summed E-state index contributed by atoms with van der Waals surface area (Å²) in [6.07, 6.45) is 1.52. The molecule has 0 aliphatic carbocycles. The Kier molecular flexibility index (Phi) is 8.93. The zero-order chi connectivity index (χ0) is 17.1. The lowest BCUT2D eigenvalue weighted by atomic mass is 10.1. The second-order valence-corrected chi connectivity index (χ2v) is 6.38. The van der Waals surface area contributed by atoms with Gasteiger partial charge in [0.25, 0.3) is 5.91 Å². The molecule has 2 aromatic rings. The molecule has 0 spiro atoms. The summed E-state index contributed by atoms with van der Waals surface area (Å²) in [5.41, 5.74) is 0.535. The molecule has 1 amide bonds. The molecule has 1 aliphatic rings. The minimum Gasteiger partial charge on any atom is -0.437 e. The van der Waals surface area contributed by atoms with E-state index in [0.29, 0.717) is 33.8 Å². The van der Waals surface area contributed by atoms with E-state index in [2.05, 4.69) is 10.3 Å². The maximum Gasteiger partial charge on any atom is 0.255 e. The molecule has 1 unspecified atom stereocenters. The summed E-state index contributed by atoms with van der Waals surface area (Å²) in [7, 11) is 0. The maximum atomic E-state index is 12.6. The molecule has 1 aliphatic heterocycles. The molecule has 1 N–H and O–H groups in total. The number of pyridine rings is 1. The van der Waals surface area contributed by atoms with Crippen LogP contribution < -0.4 is 10.1 Å². The topological polar surface area (TPSA) is 54.5 Å². The standard InChI is InChI=1S/C17H17Cl2N3O2.2ClH/c1-11-9-20-7-8-22(11)17(23)12-5-6-15(21-10-12)24-14-4-2-3-13(18)16(14)19;;/h2-6,10-11,20H,7-9H2,1H3;2*1H. The van der Waals surface area contributed by atoms with E-state index < -0.39 is 0 Å². The van der Waals surface area contributed by atoms with E-state index in [9.17, 15) is 4.79 Å². The lowest BCUT2D eigenvalue weighted by Crippen LogP contribution is -2.52. The summed E-state index contributed by atoms with van der Waals surface area (Å²) < 4.78 is 5.63. The van der Waals surface area contributed by atoms with Crippen LogP contribution >= 0.6 is 48.0 Å². The van der Waals surface area contributed by atoms with E-state index in [1.165, 1.54) is 6.20 Å². The molecule has 1 aromatic carbocycles. The average molecular weight is 439 g/mol. The summed E-state index contributed by atoms with van der Waals surface area (Å²) in [6, 6.07) is 8.65. The summed E-state index contributed by atoms with van der Waals surface area (Å²) in [5, 5.41) is 4.00. The van der Waals surface area contributed by atoms with Crippen LogP contribution in [0.2, 0.25) is 10.0 Å². The third-order valence-electron chi connectivity index (χ3n) is 3.88. The highest BCUT2D eigenvalue weighted by Crippen LogP contribution is 2.34. The van der Waals surface area contributed by atoms with Gasteiger partial charge in [-0.05, 0) is 25.1 Å². The van der Waals surface area contributed by atoms with Gasteiger partial charge < -0.3 is 15.0 Å². The third kappa shape index (κ3) is 5.15. The van der Waals surface area contributed by atoms with Crippen molar-refractivity contribution in [3.05, 3.63) is 52.1 Å². The molecule has 1 saturated heterocycles. The molecular formula is C17H19Cl4N3O2. The molecule has 5 nitrogen and oxygen atoms in total. The lowest BCUT2D eigenvalue weighted by Gasteiger charge is -2.33. The van der Waals surface area contributed by atoms with Crippen LogP contribution in [-0.4, -0.2) is 41.5 Å². The van der Waals surface area contributed by atoms with E-state index in [0.717, 1.165) is 13.1 Å². The normalized spacial score (nSPS) is 16.3. The van der Waals surface area contributed by atoms with Crippen molar-refractivity contribution in [3.8, 4) is 11.6 Å². The molecule has 1 aromatic heterocycles. The fraction of sp³-hybridized carbons (Fsp3) is 0.294. The van der Waals surface area contributed by atoms with Crippen molar-refractivity contribution in [1.82, 2.24) is 15.2 Å². The molecule has 0 radical (unpaired) electrons. The Bertz CT molecular complexity index is 743. The maximum absolute atomic E-state index is 12.6. The fourth-order valence-corrected chi connectivity index (χ4v) is 2.88. The van der Waals surface area contributed by atoms with Gasteiger partial charge in [-0.1, -0.05) is 29.3 Å². The van der Waals surface area contributed by atoms with Crippen LogP contribution in [0.4, 0.5) is 0 Å². The van der Waals surface area contributed by atoms with Crippen LogP contribution in [0.25, 0.3) is 0 Å². The lowest BCUT2D eigenvalue weighted by molar-refractivity contribution is 0.0655. The van der Waals surface area contributed by atoms with Crippen LogP contribution in [-0.2, 0) is 0 Å². The molecule has 0 saturated carbocycles. The summed E-state index contributed by atoms with van der Waals surface area (Å²) in [6.45, 7) is 4.32. The number of benzene rings is 1. The van der Waals surface area contributed by atoms with E-state index in [1.54, 1.807) is 30.3 Å². The van der Waals surface area contributed by atoms with Gasteiger partial charge in [-0.25, -0.2) is 4.98 Å². The number of rotatable bonds is 3. The number of nitrogens with one attached hydrogen (secondary N) is 1. The number of aromatic nitrogens is 1. The largest absolute Gasteiger partial charge is 0.437 e. The first-order chi connectivity index (χ1) is 11.6. The van der Waals surface area contributed by atoms with Gasteiger partial charge >= 0.3 is 0 Å². The molecule has 26 heavy (non-hydrogen) atoms. The van der Waals surface area contributed by atoms with E-state index in [1.807, 2.05) is 11.8 Å². The quantitative estimate of drug-likeness (QED) is 0.768. The molecule has 2 heterocycles. The first-order valence-corrected chi connectivity index (χ1v) is 8.41. The minimum atomic E-state index is -0.0242. The zero-order valence-electron chi connectivity index (χ0n) is 13.9. The summed E-state index contributed by atoms with van der Waals surface area (Å²) in [5.74, 6) is 0.749. The minimum absolute atomic E-state index is 0. The number of hydrogen-bond acceptors (Lipinski definition) is 4. The van der Waals surface area contributed by atoms with Crippen molar-refractivity contribution in [2.45, 2.75) is 13.0 Å². The first kappa shape index (κ1) is 22.8. The summed E-state index contributed by atoms with van der Waals surface area (Å²) in [4.78, 5) is 18.6. The van der Waals surface area contributed by atoms with Crippen LogP contribution in [0.15, 0.2) is 36.5 Å². The Morgan fingerprint density at radius 1 is 1.27 bits per heavy atom. The van der Waals surface area contributed by atoms with Gasteiger partial charge in [-0.3, -0.25) is 4.79 Å². The molecule has 0 bridgehead atoms. The average Bonchev–Trinajstić information content (AvgIpc) is 2.59. The second kappa shape index (κ2) is 10.2. The monoisotopic (exact) mass is 437 g/mol. The predicted octanol–water partition coefficient (Wildman–Crippen LogP) is 4.46. The van der Waals surface area contributed by atoms with Gasteiger partial charge in [-0.2, -0.15) is 0 Å². The van der Waals surface area contributed by atoms with E-state index in [-0.39, 0.29) is 36.8 Å². The number of halogens is 4. The fourth-order valence-electron chi connectivity index (χ4n) is 2.55. The Morgan fingerprint density at radius 3 is 2.69 bits per heavy atom. The molecule has 142 valence electrons. The van der Waals surface area contributed by atoms with Gasteiger partial charge in [0.2, 0.25) is 5.88 Å². The van der Waals surface area contributed by atoms with Crippen molar-refractivity contribution in [2.24, 2.45) is 0 Å². The van der Waals surface area contributed by atoms with E-state index in [4.69, 9.17) is 27.9 Å². The number of nitrogens with zero attached hydrogens (tertiary/aromatic N) is 2. The Hall–Kier alpha value is -1.24. The van der Waals surface area contributed by atoms with Crippen molar-refractivity contribution >= 4 is 53.9 Å². The van der Waals surface area contributed by atoms with Gasteiger partial charge in [-0.15, -0.1) is 24.8 Å². The van der Waals surface area contributed by atoms with Crippen molar-refractivity contribution in [1.29, 1.82) is 0 Å². The highest BCUT2D eigenvalue weighted by Gasteiger charge is 2.24. The molecular weight excluding hydrogens is 420 g/mol. The number of hydrogen-bond donors (Lipinski definition) is 1. The van der Waals surface area contributed by atoms with Gasteiger partial charge in [0.15, 0.2) is 0 Å². The van der Waals surface area contributed by atoms with Crippen LogP contribution in [0.3, 0.4) is 0 Å². The predicted molar refractivity (Wildman–Crippen MR) is 109 cm³/mol.